The minimum atomic E-state index is -2.76. The quantitative estimate of drug-likeness (QED) is 0.858. The Bertz CT molecular complexity index is 454. The average Bonchev–Trinajstić information content (AvgIpc) is 2.33. The minimum Gasteiger partial charge on any atom is -0.382 e. The molecule has 0 aromatic heterocycles. The summed E-state index contributed by atoms with van der Waals surface area (Å²) in [4.78, 5) is 1.24. The Morgan fingerprint density at radius 2 is 1.76 bits per heavy atom. The second-order valence-electron chi connectivity index (χ2n) is 4.30. The summed E-state index contributed by atoms with van der Waals surface area (Å²) in [7, 11) is -2.76. The second-order valence-corrected chi connectivity index (χ2v) is 7.48. The predicted molar refractivity (Wildman–Crippen MR) is 73.5 cm³/mol. The third-order valence-electron chi connectivity index (χ3n) is 3.02. The maximum atomic E-state index is 11.3. The van der Waals surface area contributed by atoms with E-state index in [4.69, 9.17) is 0 Å². The highest BCUT2D eigenvalue weighted by atomic mass is 32.2. The van der Waals surface area contributed by atoms with Crippen molar-refractivity contribution in [2.45, 2.75) is 23.8 Å². The van der Waals surface area contributed by atoms with Gasteiger partial charge in [0.15, 0.2) is 0 Å². The van der Waals surface area contributed by atoms with Crippen LogP contribution in [0.1, 0.15) is 12.8 Å². The van der Waals surface area contributed by atoms with Crippen molar-refractivity contribution < 1.29 is 8.42 Å². The number of benzene rings is 1. The first-order valence-electron chi connectivity index (χ1n) is 5.70. The van der Waals surface area contributed by atoms with Crippen molar-refractivity contribution in [3.63, 3.8) is 0 Å². The molecule has 1 aromatic rings. The molecule has 5 heteroatoms. The highest BCUT2D eigenvalue weighted by molar-refractivity contribution is 7.98. The molecular formula is C12H17NO2S2. The van der Waals surface area contributed by atoms with Crippen LogP contribution in [-0.4, -0.2) is 32.2 Å². The highest BCUT2D eigenvalue weighted by Crippen LogP contribution is 2.21. The van der Waals surface area contributed by atoms with Gasteiger partial charge < -0.3 is 5.32 Å². The molecule has 1 N–H and O–H groups in total. The summed E-state index contributed by atoms with van der Waals surface area (Å²) in [6, 6.07) is 8.54. The van der Waals surface area contributed by atoms with Gasteiger partial charge in [0.2, 0.25) is 0 Å². The fourth-order valence-electron chi connectivity index (χ4n) is 1.96. The van der Waals surface area contributed by atoms with Gasteiger partial charge in [0.25, 0.3) is 0 Å². The summed E-state index contributed by atoms with van der Waals surface area (Å²) in [6.07, 6.45) is 3.48. The summed E-state index contributed by atoms with van der Waals surface area (Å²) < 4.78 is 22.6. The number of anilines is 1. The molecule has 17 heavy (non-hydrogen) atoms. The van der Waals surface area contributed by atoms with E-state index in [-0.39, 0.29) is 0 Å². The molecule has 0 amide bonds. The highest BCUT2D eigenvalue weighted by Gasteiger charge is 2.23. The van der Waals surface area contributed by atoms with Gasteiger partial charge in [0.1, 0.15) is 9.84 Å². The molecule has 1 aliphatic heterocycles. The zero-order chi connectivity index (χ0) is 12.3. The summed E-state index contributed by atoms with van der Waals surface area (Å²) >= 11 is 1.72. The molecule has 1 saturated heterocycles. The lowest BCUT2D eigenvalue weighted by molar-refractivity contribution is 0.559. The van der Waals surface area contributed by atoms with E-state index in [0.717, 1.165) is 5.69 Å². The molecule has 0 bridgehead atoms. The maximum Gasteiger partial charge on any atom is 0.150 e. The van der Waals surface area contributed by atoms with Crippen molar-refractivity contribution in [2.75, 3.05) is 23.1 Å². The van der Waals surface area contributed by atoms with E-state index in [0.29, 0.717) is 30.4 Å². The van der Waals surface area contributed by atoms with Gasteiger partial charge in [-0.2, -0.15) is 0 Å². The third-order valence-corrected chi connectivity index (χ3v) is 5.47. The van der Waals surface area contributed by atoms with Crippen molar-refractivity contribution in [3.05, 3.63) is 24.3 Å². The molecule has 0 spiro atoms. The summed E-state index contributed by atoms with van der Waals surface area (Å²) in [5.41, 5.74) is 1.08. The van der Waals surface area contributed by atoms with Gasteiger partial charge in [0.05, 0.1) is 11.5 Å². The fraction of sp³-hybridized carbons (Fsp3) is 0.500. The van der Waals surface area contributed by atoms with Crippen LogP contribution in [0.15, 0.2) is 29.2 Å². The normalized spacial score (nSPS) is 20.1. The van der Waals surface area contributed by atoms with E-state index < -0.39 is 9.84 Å². The lowest BCUT2D eigenvalue weighted by Gasteiger charge is -2.24. The Morgan fingerprint density at radius 1 is 1.18 bits per heavy atom. The number of nitrogens with one attached hydrogen (secondary N) is 1. The van der Waals surface area contributed by atoms with Crippen LogP contribution in [0.5, 0.6) is 0 Å². The zero-order valence-electron chi connectivity index (χ0n) is 9.85. The lowest BCUT2D eigenvalue weighted by Crippen LogP contribution is -2.32. The van der Waals surface area contributed by atoms with Crippen LogP contribution in [0.3, 0.4) is 0 Å². The van der Waals surface area contributed by atoms with E-state index in [9.17, 15) is 8.42 Å². The molecule has 1 fully saturated rings. The summed E-state index contributed by atoms with van der Waals surface area (Å²) in [6.45, 7) is 0. The van der Waals surface area contributed by atoms with Crippen molar-refractivity contribution in [2.24, 2.45) is 0 Å². The van der Waals surface area contributed by atoms with Crippen molar-refractivity contribution in [1.29, 1.82) is 0 Å². The van der Waals surface area contributed by atoms with Crippen molar-refractivity contribution in [3.8, 4) is 0 Å². The second kappa shape index (κ2) is 5.31. The lowest BCUT2D eigenvalue weighted by atomic mass is 10.1. The summed E-state index contributed by atoms with van der Waals surface area (Å²) in [5.74, 6) is 0.626. The van der Waals surface area contributed by atoms with Crippen molar-refractivity contribution in [1.82, 2.24) is 0 Å². The van der Waals surface area contributed by atoms with Gasteiger partial charge >= 0.3 is 0 Å². The summed E-state index contributed by atoms with van der Waals surface area (Å²) in [5, 5.41) is 3.40. The van der Waals surface area contributed by atoms with Gasteiger partial charge in [-0.3, -0.25) is 0 Å². The average molecular weight is 271 g/mol. The first-order chi connectivity index (χ1) is 8.09. The Labute approximate surface area is 107 Å². The van der Waals surface area contributed by atoms with E-state index in [2.05, 4.69) is 35.8 Å². The molecule has 0 unspecified atom stereocenters. The molecule has 1 aliphatic rings. The molecule has 0 saturated carbocycles. The minimum absolute atomic E-state index is 0.290. The number of hydrogen-bond donors (Lipinski definition) is 1. The number of hydrogen-bond acceptors (Lipinski definition) is 4. The van der Waals surface area contributed by atoms with Gasteiger partial charge in [-0.1, -0.05) is 0 Å². The van der Waals surface area contributed by atoms with Crippen LogP contribution in [0.25, 0.3) is 0 Å². The number of sulfone groups is 1. The van der Waals surface area contributed by atoms with Crippen LogP contribution in [0.2, 0.25) is 0 Å². The van der Waals surface area contributed by atoms with Gasteiger partial charge in [-0.25, -0.2) is 8.42 Å². The van der Waals surface area contributed by atoms with Crippen LogP contribution in [-0.2, 0) is 9.84 Å². The van der Waals surface area contributed by atoms with Crippen molar-refractivity contribution >= 4 is 27.3 Å². The Balaban J connectivity index is 1.93. The SMILES string of the molecule is CSc1ccc(NC2CCS(=O)(=O)CC2)cc1. The van der Waals surface area contributed by atoms with Crippen LogP contribution < -0.4 is 5.32 Å². The number of rotatable bonds is 3. The topological polar surface area (TPSA) is 46.2 Å². The van der Waals surface area contributed by atoms with Crippen LogP contribution >= 0.6 is 11.8 Å². The standard InChI is InChI=1S/C12H17NO2S2/c1-16-12-4-2-10(3-5-12)13-11-6-8-17(14,15)9-7-11/h2-5,11,13H,6-9H2,1H3. The molecule has 94 valence electrons. The molecule has 3 nitrogen and oxygen atoms in total. The Hall–Kier alpha value is -0.680. The Morgan fingerprint density at radius 3 is 2.29 bits per heavy atom. The molecule has 0 aliphatic carbocycles. The Kier molecular flexibility index (Phi) is 3.99. The first-order valence-corrected chi connectivity index (χ1v) is 8.75. The van der Waals surface area contributed by atoms with E-state index in [1.54, 1.807) is 11.8 Å². The molecule has 1 heterocycles. The first kappa shape index (κ1) is 12.8. The molecule has 0 atom stereocenters. The fourth-order valence-corrected chi connectivity index (χ4v) is 3.86. The molecule has 1 aromatic carbocycles. The monoisotopic (exact) mass is 271 g/mol. The van der Waals surface area contributed by atoms with Gasteiger partial charge in [0, 0.05) is 16.6 Å². The predicted octanol–water partition coefficient (Wildman–Crippen LogP) is 2.40. The van der Waals surface area contributed by atoms with E-state index in [1.165, 1.54) is 4.90 Å². The smallest absolute Gasteiger partial charge is 0.150 e. The van der Waals surface area contributed by atoms with Crippen LogP contribution in [0.4, 0.5) is 5.69 Å². The van der Waals surface area contributed by atoms with Gasteiger partial charge in [-0.15, -0.1) is 11.8 Å². The molecule has 0 radical (unpaired) electrons. The molecule has 2 rings (SSSR count). The van der Waals surface area contributed by atoms with Gasteiger partial charge in [-0.05, 0) is 43.4 Å². The largest absolute Gasteiger partial charge is 0.382 e. The molecular weight excluding hydrogens is 254 g/mol. The maximum absolute atomic E-state index is 11.3. The van der Waals surface area contributed by atoms with E-state index >= 15 is 0 Å². The number of thioether (sulfide) groups is 1. The zero-order valence-corrected chi connectivity index (χ0v) is 11.5. The third kappa shape index (κ3) is 3.64. The van der Waals surface area contributed by atoms with E-state index in [1.807, 2.05) is 0 Å². The van der Waals surface area contributed by atoms with Crippen LogP contribution in [0, 0.1) is 0 Å².